The van der Waals surface area contributed by atoms with Crippen LogP contribution in [0.25, 0.3) is 0 Å². The second-order valence-electron chi connectivity index (χ2n) is 6.76. The van der Waals surface area contributed by atoms with Crippen molar-refractivity contribution in [3.63, 3.8) is 0 Å². The molecule has 3 nitrogen and oxygen atoms in total. The number of carbonyl (C=O) groups is 1. The van der Waals surface area contributed by atoms with E-state index in [0.717, 1.165) is 43.7 Å². The van der Waals surface area contributed by atoms with Crippen LogP contribution < -0.4 is 0 Å². The lowest BCUT2D eigenvalue weighted by Crippen LogP contribution is -2.56. The Morgan fingerprint density at radius 2 is 2.09 bits per heavy atom. The summed E-state index contributed by atoms with van der Waals surface area (Å²) in [6.45, 7) is 9.76. The van der Waals surface area contributed by atoms with E-state index in [1.54, 1.807) is 0 Å². The van der Waals surface area contributed by atoms with Crippen LogP contribution in [0.15, 0.2) is 36.9 Å². The van der Waals surface area contributed by atoms with E-state index >= 15 is 0 Å². The highest BCUT2D eigenvalue weighted by Gasteiger charge is 2.44. The average Bonchev–Trinajstić information content (AvgIpc) is 2.89. The predicted molar refractivity (Wildman–Crippen MR) is 90.1 cm³/mol. The van der Waals surface area contributed by atoms with Crippen LogP contribution in [0.3, 0.4) is 0 Å². The summed E-state index contributed by atoms with van der Waals surface area (Å²) in [4.78, 5) is 17.5. The molecule has 0 unspecified atom stereocenters. The highest BCUT2D eigenvalue weighted by atomic mass is 16.2. The van der Waals surface area contributed by atoms with Gasteiger partial charge in [-0.1, -0.05) is 23.8 Å². The number of rotatable bonds is 3. The molecule has 2 aliphatic heterocycles. The van der Waals surface area contributed by atoms with E-state index in [0.29, 0.717) is 0 Å². The van der Waals surface area contributed by atoms with Gasteiger partial charge >= 0.3 is 0 Å². The van der Waals surface area contributed by atoms with Crippen molar-refractivity contribution >= 4 is 5.91 Å². The SMILES string of the molecule is C=CCN1CCC[C@]12CCCN(C(=O)c1cccc(C)c1)C2. The van der Waals surface area contributed by atoms with Gasteiger partial charge in [-0.15, -0.1) is 6.58 Å². The minimum absolute atomic E-state index is 0.186. The van der Waals surface area contributed by atoms with Gasteiger partial charge in [0.05, 0.1) is 0 Å². The summed E-state index contributed by atoms with van der Waals surface area (Å²) in [5.74, 6) is 0.188. The van der Waals surface area contributed by atoms with Gasteiger partial charge in [0.2, 0.25) is 0 Å². The van der Waals surface area contributed by atoms with Crippen LogP contribution in [0.1, 0.15) is 41.6 Å². The first-order valence-corrected chi connectivity index (χ1v) is 8.36. The van der Waals surface area contributed by atoms with E-state index in [9.17, 15) is 4.79 Å². The van der Waals surface area contributed by atoms with Crippen molar-refractivity contribution in [3.8, 4) is 0 Å². The fraction of sp³-hybridized carbons (Fsp3) is 0.526. The minimum Gasteiger partial charge on any atom is -0.337 e. The first-order valence-electron chi connectivity index (χ1n) is 8.36. The molecule has 0 saturated carbocycles. The van der Waals surface area contributed by atoms with Crippen LogP contribution in [-0.2, 0) is 0 Å². The third-order valence-electron chi connectivity index (χ3n) is 5.20. The summed E-state index contributed by atoms with van der Waals surface area (Å²) in [5.41, 5.74) is 2.16. The molecule has 2 aliphatic rings. The molecule has 2 saturated heterocycles. The van der Waals surface area contributed by atoms with E-state index in [4.69, 9.17) is 0 Å². The van der Waals surface area contributed by atoms with Crippen molar-refractivity contribution in [1.29, 1.82) is 0 Å². The Labute approximate surface area is 133 Å². The van der Waals surface area contributed by atoms with E-state index in [1.165, 1.54) is 19.3 Å². The molecular formula is C19H26N2O. The van der Waals surface area contributed by atoms with Gasteiger partial charge in [0.25, 0.3) is 5.91 Å². The molecule has 0 aliphatic carbocycles. The van der Waals surface area contributed by atoms with Crippen molar-refractivity contribution in [1.82, 2.24) is 9.80 Å². The molecule has 2 fully saturated rings. The van der Waals surface area contributed by atoms with Crippen molar-refractivity contribution in [2.24, 2.45) is 0 Å². The third kappa shape index (κ3) is 2.82. The lowest BCUT2D eigenvalue weighted by atomic mass is 9.86. The second kappa shape index (κ2) is 6.25. The van der Waals surface area contributed by atoms with Gasteiger partial charge in [0.15, 0.2) is 0 Å². The van der Waals surface area contributed by atoms with E-state index < -0.39 is 0 Å². The molecule has 1 atom stereocenters. The fourth-order valence-electron chi connectivity index (χ4n) is 4.14. The van der Waals surface area contributed by atoms with Crippen LogP contribution >= 0.6 is 0 Å². The number of hydrogen-bond donors (Lipinski definition) is 0. The Morgan fingerprint density at radius 1 is 1.32 bits per heavy atom. The smallest absolute Gasteiger partial charge is 0.253 e. The van der Waals surface area contributed by atoms with Gasteiger partial charge in [0.1, 0.15) is 0 Å². The Kier molecular flexibility index (Phi) is 4.34. The molecule has 1 spiro atoms. The number of aryl methyl sites for hydroxylation is 1. The van der Waals surface area contributed by atoms with E-state index in [2.05, 4.69) is 16.4 Å². The lowest BCUT2D eigenvalue weighted by molar-refractivity contribution is 0.0367. The average molecular weight is 298 g/mol. The number of nitrogens with zero attached hydrogens (tertiary/aromatic N) is 2. The number of piperidine rings is 1. The molecule has 3 heteroatoms. The molecule has 1 aromatic carbocycles. The van der Waals surface area contributed by atoms with Crippen LogP contribution in [0.4, 0.5) is 0 Å². The highest BCUT2D eigenvalue weighted by molar-refractivity contribution is 5.94. The number of hydrogen-bond acceptors (Lipinski definition) is 2. The maximum atomic E-state index is 12.8. The summed E-state index contributed by atoms with van der Waals surface area (Å²) < 4.78 is 0. The van der Waals surface area contributed by atoms with Gasteiger partial charge < -0.3 is 4.90 Å². The summed E-state index contributed by atoms with van der Waals surface area (Å²) in [6, 6.07) is 7.95. The van der Waals surface area contributed by atoms with Gasteiger partial charge in [-0.05, 0) is 51.3 Å². The lowest BCUT2D eigenvalue weighted by Gasteiger charge is -2.45. The van der Waals surface area contributed by atoms with Crippen molar-refractivity contribution in [2.45, 2.75) is 38.1 Å². The topological polar surface area (TPSA) is 23.6 Å². The van der Waals surface area contributed by atoms with E-state index in [1.807, 2.05) is 37.3 Å². The molecule has 0 bridgehead atoms. The standard InChI is InChI=1S/C19H26N2O/c1-3-11-21-13-6-10-19(21)9-5-12-20(15-19)18(22)17-8-4-7-16(2)14-17/h3-4,7-8,14H,1,5-6,9-13,15H2,2H3/t19-/m0/s1. The Bertz CT molecular complexity index is 568. The monoisotopic (exact) mass is 298 g/mol. The zero-order valence-corrected chi connectivity index (χ0v) is 13.6. The zero-order chi connectivity index (χ0) is 15.6. The number of carbonyl (C=O) groups excluding carboxylic acids is 1. The van der Waals surface area contributed by atoms with Crippen LogP contribution in [0.5, 0.6) is 0 Å². The van der Waals surface area contributed by atoms with Gasteiger partial charge in [-0.2, -0.15) is 0 Å². The van der Waals surface area contributed by atoms with Gasteiger partial charge in [-0.25, -0.2) is 0 Å². The summed E-state index contributed by atoms with van der Waals surface area (Å²) in [6.07, 6.45) is 6.75. The molecule has 22 heavy (non-hydrogen) atoms. The van der Waals surface area contributed by atoms with Gasteiger partial charge in [0, 0.05) is 30.7 Å². The summed E-state index contributed by atoms with van der Waals surface area (Å²) in [7, 11) is 0. The normalized spacial score (nSPS) is 25.6. The van der Waals surface area contributed by atoms with Crippen LogP contribution in [-0.4, -0.2) is 47.4 Å². The number of amides is 1. The van der Waals surface area contributed by atoms with Crippen molar-refractivity contribution in [2.75, 3.05) is 26.2 Å². The van der Waals surface area contributed by atoms with Crippen LogP contribution in [0, 0.1) is 6.92 Å². The Balaban J connectivity index is 1.78. The molecule has 118 valence electrons. The second-order valence-corrected chi connectivity index (χ2v) is 6.76. The molecule has 1 amide bonds. The quantitative estimate of drug-likeness (QED) is 0.800. The van der Waals surface area contributed by atoms with Crippen molar-refractivity contribution < 1.29 is 4.79 Å². The molecule has 0 aromatic heterocycles. The molecule has 3 rings (SSSR count). The largest absolute Gasteiger partial charge is 0.337 e. The first-order chi connectivity index (χ1) is 10.6. The molecule has 0 radical (unpaired) electrons. The maximum absolute atomic E-state index is 12.8. The molecule has 0 N–H and O–H groups in total. The molecule has 2 heterocycles. The summed E-state index contributed by atoms with van der Waals surface area (Å²) in [5, 5.41) is 0. The fourth-order valence-corrected chi connectivity index (χ4v) is 4.14. The third-order valence-corrected chi connectivity index (χ3v) is 5.20. The summed E-state index contributed by atoms with van der Waals surface area (Å²) >= 11 is 0. The van der Waals surface area contributed by atoms with E-state index in [-0.39, 0.29) is 11.4 Å². The Morgan fingerprint density at radius 3 is 2.82 bits per heavy atom. The Hall–Kier alpha value is -1.61. The molecule has 1 aromatic rings. The number of benzene rings is 1. The zero-order valence-electron chi connectivity index (χ0n) is 13.6. The molecular weight excluding hydrogens is 272 g/mol. The first kappa shape index (κ1) is 15.3. The highest BCUT2D eigenvalue weighted by Crippen LogP contribution is 2.37. The maximum Gasteiger partial charge on any atom is 0.253 e. The van der Waals surface area contributed by atoms with Crippen molar-refractivity contribution in [3.05, 3.63) is 48.0 Å². The van der Waals surface area contributed by atoms with Crippen LogP contribution in [0.2, 0.25) is 0 Å². The number of likely N-dealkylation sites (tertiary alicyclic amines) is 2. The minimum atomic E-state index is 0.186. The van der Waals surface area contributed by atoms with Gasteiger partial charge in [-0.3, -0.25) is 9.69 Å². The predicted octanol–water partition coefficient (Wildman–Crippen LogP) is 3.25.